The fraction of sp³-hybridized carbons (Fsp3) is 0.667. The van der Waals surface area contributed by atoms with Gasteiger partial charge in [-0.25, -0.2) is 0 Å². The number of benzene rings is 1. The van der Waals surface area contributed by atoms with E-state index in [4.69, 9.17) is 0 Å². The van der Waals surface area contributed by atoms with Crippen LogP contribution in [0.4, 0.5) is 0 Å². The quantitative estimate of drug-likeness (QED) is 0.926. The van der Waals surface area contributed by atoms with Crippen LogP contribution in [-0.2, 0) is 6.42 Å². The molecule has 3 heteroatoms. The molecule has 1 saturated heterocycles. The zero-order valence-electron chi connectivity index (χ0n) is 12.6. The summed E-state index contributed by atoms with van der Waals surface area (Å²) in [6.45, 7) is 2.44. The van der Waals surface area contributed by atoms with Crippen LogP contribution in [0.2, 0.25) is 0 Å². The molecular weight excluding hydrogens is 278 g/mol. The number of nitrogens with zero attached hydrogens (tertiary/aromatic N) is 1. The Balaban J connectivity index is 1.41. The number of hydrogen-bond donors (Lipinski definition) is 1. The summed E-state index contributed by atoms with van der Waals surface area (Å²) in [5.74, 6) is 0.543. The monoisotopic (exact) mass is 303 g/mol. The number of hydrogen-bond acceptors (Lipinski definition) is 3. The Morgan fingerprint density at radius 2 is 2.05 bits per heavy atom. The summed E-state index contributed by atoms with van der Waals surface area (Å²) in [7, 11) is 0. The smallest absolute Gasteiger partial charge is 0.0583 e. The minimum atomic E-state index is -0.0379. The van der Waals surface area contributed by atoms with E-state index in [-0.39, 0.29) is 6.10 Å². The molecule has 4 atom stereocenters. The van der Waals surface area contributed by atoms with E-state index in [1.165, 1.54) is 55.7 Å². The molecule has 0 spiro atoms. The highest BCUT2D eigenvalue weighted by Gasteiger charge is 2.39. The first-order valence-corrected chi connectivity index (χ1v) is 9.36. The number of aliphatic hydroxyl groups is 1. The number of thioether (sulfide) groups is 1. The summed E-state index contributed by atoms with van der Waals surface area (Å²) in [5, 5.41) is 10.9. The second-order valence-corrected chi connectivity index (χ2v) is 8.26. The minimum absolute atomic E-state index is 0.0379. The summed E-state index contributed by atoms with van der Waals surface area (Å²) in [5.41, 5.74) is 1.53. The SMILES string of the molecule is OC1CCCC1C1CCCN1CC1Cc2ccccc2S1. The maximum Gasteiger partial charge on any atom is 0.0583 e. The third-order valence-electron chi connectivity index (χ3n) is 5.59. The highest BCUT2D eigenvalue weighted by molar-refractivity contribution is 8.00. The second kappa shape index (κ2) is 5.94. The zero-order valence-corrected chi connectivity index (χ0v) is 13.4. The predicted molar refractivity (Wildman–Crippen MR) is 87.7 cm³/mol. The molecule has 0 aromatic heterocycles. The number of aliphatic hydroxyl groups excluding tert-OH is 1. The lowest BCUT2D eigenvalue weighted by Gasteiger charge is -2.32. The van der Waals surface area contributed by atoms with Crippen LogP contribution in [0.5, 0.6) is 0 Å². The lowest BCUT2D eigenvalue weighted by atomic mass is 9.94. The summed E-state index contributed by atoms with van der Waals surface area (Å²) in [6.07, 6.45) is 7.28. The van der Waals surface area contributed by atoms with Gasteiger partial charge in [-0.2, -0.15) is 0 Å². The molecule has 114 valence electrons. The van der Waals surface area contributed by atoms with Crippen LogP contribution in [-0.4, -0.2) is 40.5 Å². The second-order valence-electron chi connectivity index (χ2n) is 6.92. The zero-order chi connectivity index (χ0) is 14.2. The fourth-order valence-corrected chi connectivity index (χ4v) is 5.95. The van der Waals surface area contributed by atoms with Crippen molar-refractivity contribution in [2.45, 2.75) is 60.8 Å². The summed E-state index contributed by atoms with van der Waals surface area (Å²) in [6, 6.07) is 9.51. The van der Waals surface area contributed by atoms with E-state index in [0.717, 1.165) is 6.42 Å². The van der Waals surface area contributed by atoms with Gasteiger partial charge in [-0.15, -0.1) is 11.8 Å². The molecule has 1 aliphatic carbocycles. The first-order valence-electron chi connectivity index (χ1n) is 8.48. The van der Waals surface area contributed by atoms with Gasteiger partial charge >= 0.3 is 0 Å². The van der Waals surface area contributed by atoms with E-state index in [9.17, 15) is 5.11 Å². The molecule has 1 saturated carbocycles. The van der Waals surface area contributed by atoms with Crippen LogP contribution in [0.15, 0.2) is 29.2 Å². The number of likely N-dealkylation sites (tertiary alicyclic amines) is 1. The molecule has 21 heavy (non-hydrogen) atoms. The molecule has 4 rings (SSSR count). The lowest BCUT2D eigenvalue weighted by molar-refractivity contribution is 0.0749. The highest BCUT2D eigenvalue weighted by atomic mass is 32.2. The van der Waals surface area contributed by atoms with Crippen molar-refractivity contribution in [1.82, 2.24) is 4.90 Å². The van der Waals surface area contributed by atoms with Crippen molar-refractivity contribution in [3.63, 3.8) is 0 Å². The van der Waals surface area contributed by atoms with Crippen LogP contribution in [0.25, 0.3) is 0 Å². The first kappa shape index (κ1) is 14.1. The number of rotatable bonds is 3. The Kier molecular flexibility index (Phi) is 3.99. The van der Waals surface area contributed by atoms with E-state index in [0.29, 0.717) is 17.2 Å². The molecule has 1 N–H and O–H groups in total. The van der Waals surface area contributed by atoms with Gasteiger partial charge < -0.3 is 5.11 Å². The third kappa shape index (κ3) is 2.76. The topological polar surface area (TPSA) is 23.5 Å². The molecule has 0 amide bonds. The van der Waals surface area contributed by atoms with Gasteiger partial charge in [-0.1, -0.05) is 24.6 Å². The summed E-state index contributed by atoms with van der Waals surface area (Å²) < 4.78 is 0. The van der Waals surface area contributed by atoms with Crippen molar-refractivity contribution in [3.05, 3.63) is 29.8 Å². The maximum absolute atomic E-state index is 10.2. The van der Waals surface area contributed by atoms with Crippen LogP contribution < -0.4 is 0 Å². The van der Waals surface area contributed by atoms with Crippen LogP contribution in [0.3, 0.4) is 0 Å². The molecule has 1 aromatic carbocycles. The van der Waals surface area contributed by atoms with E-state index >= 15 is 0 Å². The minimum Gasteiger partial charge on any atom is -0.393 e. The van der Waals surface area contributed by atoms with Gasteiger partial charge in [0, 0.05) is 28.6 Å². The number of fused-ring (bicyclic) bond motifs is 1. The van der Waals surface area contributed by atoms with E-state index in [1.807, 2.05) is 0 Å². The van der Waals surface area contributed by atoms with Crippen LogP contribution in [0, 0.1) is 5.92 Å². The van der Waals surface area contributed by atoms with Crippen molar-refractivity contribution in [2.24, 2.45) is 5.92 Å². The molecule has 2 fully saturated rings. The van der Waals surface area contributed by atoms with Crippen molar-refractivity contribution < 1.29 is 5.11 Å². The van der Waals surface area contributed by atoms with Crippen molar-refractivity contribution in [2.75, 3.05) is 13.1 Å². The van der Waals surface area contributed by atoms with Gasteiger partial charge in [-0.05, 0) is 50.3 Å². The standard InChI is InChI=1S/C18H25NOS/c20-17-8-3-6-15(17)16-7-4-10-19(16)12-14-11-13-5-1-2-9-18(13)21-14/h1-2,5,9,14-17,20H,3-4,6-8,10-12H2. The Bertz CT molecular complexity index is 481. The van der Waals surface area contributed by atoms with Crippen molar-refractivity contribution in [1.29, 1.82) is 0 Å². The average molecular weight is 303 g/mol. The van der Waals surface area contributed by atoms with Crippen LogP contribution in [0.1, 0.15) is 37.7 Å². The molecule has 1 aromatic rings. The molecule has 2 aliphatic heterocycles. The molecule has 3 aliphatic rings. The highest BCUT2D eigenvalue weighted by Crippen LogP contribution is 2.40. The van der Waals surface area contributed by atoms with Gasteiger partial charge in [0.15, 0.2) is 0 Å². The van der Waals surface area contributed by atoms with Gasteiger partial charge in [0.1, 0.15) is 0 Å². The Morgan fingerprint density at radius 1 is 1.14 bits per heavy atom. The lowest BCUT2D eigenvalue weighted by Crippen LogP contribution is -2.41. The Hall–Kier alpha value is -0.510. The molecular formula is C18H25NOS. The van der Waals surface area contributed by atoms with E-state index in [1.54, 1.807) is 0 Å². The molecule has 2 heterocycles. The van der Waals surface area contributed by atoms with Gasteiger partial charge in [0.25, 0.3) is 0 Å². The summed E-state index contributed by atoms with van der Waals surface area (Å²) in [4.78, 5) is 4.18. The molecule has 0 radical (unpaired) electrons. The summed E-state index contributed by atoms with van der Waals surface area (Å²) >= 11 is 2.06. The van der Waals surface area contributed by atoms with Crippen molar-refractivity contribution in [3.8, 4) is 0 Å². The predicted octanol–water partition coefficient (Wildman–Crippen LogP) is 3.33. The fourth-order valence-electron chi connectivity index (χ4n) is 4.60. The maximum atomic E-state index is 10.2. The average Bonchev–Trinajstić information content (AvgIpc) is 3.17. The molecule has 2 nitrogen and oxygen atoms in total. The normalized spacial score (nSPS) is 36.2. The van der Waals surface area contributed by atoms with Gasteiger partial charge in [0.05, 0.1) is 6.10 Å². The van der Waals surface area contributed by atoms with Crippen LogP contribution >= 0.6 is 11.8 Å². The Labute approximate surface area is 131 Å². The van der Waals surface area contributed by atoms with Gasteiger partial charge in [0.2, 0.25) is 0 Å². The third-order valence-corrected chi connectivity index (χ3v) is 6.89. The van der Waals surface area contributed by atoms with Gasteiger partial charge in [-0.3, -0.25) is 4.90 Å². The van der Waals surface area contributed by atoms with Crippen molar-refractivity contribution >= 4 is 11.8 Å². The van der Waals surface area contributed by atoms with E-state index in [2.05, 4.69) is 40.9 Å². The Morgan fingerprint density at radius 3 is 2.86 bits per heavy atom. The molecule has 4 unspecified atom stereocenters. The molecule has 0 bridgehead atoms. The largest absolute Gasteiger partial charge is 0.393 e. The van der Waals surface area contributed by atoms with E-state index < -0.39 is 0 Å². The first-order chi connectivity index (χ1) is 10.3.